The predicted molar refractivity (Wildman–Crippen MR) is 114 cm³/mol. The third kappa shape index (κ3) is 5.69. The highest BCUT2D eigenvalue weighted by Crippen LogP contribution is 2.29. The Morgan fingerprint density at radius 1 is 1.23 bits per heavy atom. The van der Waals surface area contributed by atoms with Gasteiger partial charge in [-0.25, -0.2) is 4.98 Å². The van der Waals surface area contributed by atoms with E-state index in [1.54, 1.807) is 17.5 Å². The Balaban J connectivity index is 1.58. The van der Waals surface area contributed by atoms with Crippen LogP contribution in [0.4, 0.5) is 5.13 Å². The predicted octanol–water partition coefficient (Wildman–Crippen LogP) is 3.27. The van der Waals surface area contributed by atoms with Crippen molar-refractivity contribution in [1.82, 2.24) is 15.6 Å². The van der Waals surface area contributed by atoms with Gasteiger partial charge in [-0.15, -0.1) is 11.3 Å². The molecule has 2 aromatic heterocycles. The molecule has 0 saturated heterocycles. The molecule has 30 heavy (non-hydrogen) atoms. The summed E-state index contributed by atoms with van der Waals surface area (Å²) in [6.07, 6.45) is 7.61. The summed E-state index contributed by atoms with van der Waals surface area (Å²) in [5.41, 5.74) is -0.292. The fourth-order valence-corrected chi connectivity index (χ4v) is 4.30. The zero-order valence-corrected chi connectivity index (χ0v) is 18.0. The summed E-state index contributed by atoms with van der Waals surface area (Å²) in [4.78, 5) is 41.9. The summed E-state index contributed by atoms with van der Waals surface area (Å²) >= 11 is 1.24. The van der Waals surface area contributed by atoms with Crippen molar-refractivity contribution in [2.45, 2.75) is 63.8 Å². The van der Waals surface area contributed by atoms with E-state index < -0.39 is 11.4 Å². The number of carbonyl (C=O) groups is 3. The standard InChI is InChI=1S/C21H28N4O4S/c1-2-3-11-22-19(28)21(9-5-4-6-10-21)25-17(26)13-15-14-30-20(23-15)24-18(27)16-8-7-12-29-16/h7-8,12,14H,2-6,9-11,13H2,1H3,(H,22,28)(H,25,26)(H,23,24,27). The van der Waals surface area contributed by atoms with Gasteiger partial charge in [-0.3, -0.25) is 19.7 Å². The minimum Gasteiger partial charge on any atom is -0.459 e. The SMILES string of the molecule is CCCCNC(=O)C1(NC(=O)Cc2csc(NC(=O)c3ccco3)n2)CCCCC1. The van der Waals surface area contributed by atoms with Crippen LogP contribution in [0.1, 0.15) is 68.1 Å². The van der Waals surface area contributed by atoms with Crippen molar-refractivity contribution in [3.8, 4) is 0 Å². The van der Waals surface area contributed by atoms with Crippen molar-refractivity contribution in [1.29, 1.82) is 0 Å². The molecule has 3 rings (SSSR count). The normalized spacial score (nSPS) is 15.4. The molecule has 2 aromatic rings. The summed E-state index contributed by atoms with van der Waals surface area (Å²) in [5.74, 6) is -0.529. The number of hydrogen-bond acceptors (Lipinski definition) is 6. The molecule has 3 N–H and O–H groups in total. The molecule has 0 aliphatic heterocycles. The van der Waals surface area contributed by atoms with Crippen LogP contribution in [-0.2, 0) is 16.0 Å². The average Bonchev–Trinajstić information content (AvgIpc) is 3.41. The number of carbonyl (C=O) groups excluding carboxylic acids is 3. The molecule has 1 aliphatic rings. The van der Waals surface area contributed by atoms with Crippen LogP contribution >= 0.6 is 11.3 Å². The third-order valence-electron chi connectivity index (χ3n) is 5.20. The number of unbranched alkanes of at least 4 members (excludes halogenated alkanes) is 1. The fraction of sp³-hybridized carbons (Fsp3) is 0.524. The van der Waals surface area contributed by atoms with Crippen molar-refractivity contribution < 1.29 is 18.8 Å². The van der Waals surface area contributed by atoms with E-state index >= 15 is 0 Å². The highest BCUT2D eigenvalue weighted by Gasteiger charge is 2.40. The van der Waals surface area contributed by atoms with Crippen LogP contribution in [0.5, 0.6) is 0 Å². The van der Waals surface area contributed by atoms with E-state index in [-0.39, 0.29) is 24.0 Å². The summed E-state index contributed by atoms with van der Waals surface area (Å²) in [6.45, 7) is 2.70. The van der Waals surface area contributed by atoms with E-state index in [1.165, 1.54) is 17.6 Å². The second-order valence-electron chi connectivity index (χ2n) is 7.55. The fourth-order valence-electron chi connectivity index (χ4n) is 3.60. The van der Waals surface area contributed by atoms with Crippen molar-refractivity contribution in [2.24, 2.45) is 0 Å². The minimum absolute atomic E-state index is 0.0527. The number of furan rings is 1. The first kappa shape index (κ1) is 22.0. The van der Waals surface area contributed by atoms with Gasteiger partial charge in [-0.05, 0) is 31.4 Å². The Morgan fingerprint density at radius 2 is 2.03 bits per heavy atom. The van der Waals surface area contributed by atoms with E-state index in [0.29, 0.717) is 30.2 Å². The number of hydrogen-bond donors (Lipinski definition) is 3. The number of amides is 3. The highest BCUT2D eigenvalue weighted by molar-refractivity contribution is 7.14. The number of anilines is 1. The van der Waals surface area contributed by atoms with Crippen LogP contribution in [0, 0.1) is 0 Å². The molecule has 1 fully saturated rings. The molecule has 0 spiro atoms. The first-order chi connectivity index (χ1) is 14.5. The van der Waals surface area contributed by atoms with Crippen LogP contribution < -0.4 is 16.0 Å². The topological polar surface area (TPSA) is 113 Å². The van der Waals surface area contributed by atoms with E-state index in [9.17, 15) is 14.4 Å². The van der Waals surface area contributed by atoms with Crippen LogP contribution in [-0.4, -0.2) is 34.8 Å². The van der Waals surface area contributed by atoms with Gasteiger partial charge in [0.25, 0.3) is 5.91 Å². The molecule has 3 amide bonds. The molecular weight excluding hydrogens is 404 g/mol. The summed E-state index contributed by atoms with van der Waals surface area (Å²) in [7, 11) is 0. The monoisotopic (exact) mass is 432 g/mol. The molecule has 0 aromatic carbocycles. The molecule has 8 nitrogen and oxygen atoms in total. The van der Waals surface area contributed by atoms with Gasteiger partial charge in [-0.2, -0.15) is 0 Å². The van der Waals surface area contributed by atoms with E-state index in [1.807, 2.05) is 0 Å². The highest BCUT2D eigenvalue weighted by atomic mass is 32.1. The summed E-state index contributed by atoms with van der Waals surface area (Å²) in [5, 5.41) is 10.7. The minimum atomic E-state index is -0.838. The lowest BCUT2D eigenvalue weighted by Gasteiger charge is -2.36. The smallest absolute Gasteiger partial charge is 0.293 e. The molecule has 0 unspecified atom stereocenters. The molecule has 2 heterocycles. The maximum absolute atomic E-state index is 12.8. The zero-order chi connectivity index (χ0) is 21.4. The largest absolute Gasteiger partial charge is 0.459 e. The van der Waals surface area contributed by atoms with E-state index in [0.717, 1.165) is 32.1 Å². The van der Waals surface area contributed by atoms with Gasteiger partial charge in [-0.1, -0.05) is 32.6 Å². The number of nitrogens with one attached hydrogen (secondary N) is 3. The second kappa shape index (κ2) is 10.4. The molecule has 1 saturated carbocycles. The van der Waals surface area contributed by atoms with Gasteiger partial charge in [0.2, 0.25) is 11.8 Å². The molecular formula is C21H28N4O4S. The maximum Gasteiger partial charge on any atom is 0.293 e. The van der Waals surface area contributed by atoms with Crippen LogP contribution in [0.2, 0.25) is 0 Å². The summed E-state index contributed by atoms with van der Waals surface area (Å²) < 4.78 is 5.05. The van der Waals surface area contributed by atoms with Crippen molar-refractivity contribution in [2.75, 3.05) is 11.9 Å². The number of thiazole rings is 1. The Morgan fingerprint density at radius 3 is 2.73 bits per heavy atom. The number of rotatable bonds is 9. The van der Waals surface area contributed by atoms with Gasteiger partial charge in [0.05, 0.1) is 18.4 Å². The van der Waals surface area contributed by atoms with Crippen LogP contribution in [0.3, 0.4) is 0 Å². The lowest BCUT2D eigenvalue weighted by atomic mass is 9.80. The van der Waals surface area contributed by atoms with Gasteiger partial charge >= 0.3 is 0 Å². The average molecular weight is 433 g/mol. The van der Waals surface area contributed by atoms with Gasteiger partial charge in [0.15, 0.2) is 10.9 Å². The summed E-state index contributed by atoms with van der Waals surface area (Å²) in [6, 6.07) is 3.19. The molecule has 0 radical (unpaired) electrons. The van der Waals surface area contributed by atoms with Crippen LogP contribution in [0.25, 0.3) is 0 Å². The third-order valence-corrected chi connectivity index (χ3v) is 6.00. The lowest BCUT2D eigenvalue weighted by molar-refractivity contribution is -0.134. The second-order valence-corrected chi connectivity index (χ2v) is 8.41. The Labute approximate surface area is 179 Å². The number of nitrogens with zero attached hydrogens (tertiary/aromatic N) is 1. The lowest BCUT2D eigenvalue weighted by Crippen LogP contribution is -2.60. The van der Waals surface area contributed by atoms with Crippen LogP contribution in [0.15, 0.2) is 28.2 Å². The van der Waals surface area contributed by atoms with Gasteiger partial charge < -0.3 is 15.1 Å². The molecule has 0 atom stereocenters. The molecule has 9 heteroatoms. The van der Waals surface area contributed by atoms with Crippen molar-refractivity contribution >= 4 is 34.2 Å². The van der Waals surface area contributed by atoms with E-state index in [2.05, 4.69) is 27.9 Å². The quantitative estimate of drug-likeness (QED) is 0.526. The van der Waals surface area contributed by atoms with Crippen molar-refractivity contribution in [3.05, 3.63) is 35.2 Å². The Bertz CT molecular complexity index is 856. The molecule has 0 bridgehead atoms. The van der Waals surface area contributed by atoms with Gasteiger partial charge in [0, 0.05) is 11.9 Å². The first-order valence-electron chi connectivity index (χ1n) is 10.4. The van der Waals surface area contributed by atoms with Gasteiger partial charge in [0.1, 0.15) is 5.54 Å². The first-order valence-corrected chi connectivity index (χ1v) is 11.3. The van der Waals surface area contributed by atoms with Crippen molar-refractivity contribution in [3.63, 3.8) is 0 Å². The number of aromatic nitrogens is 1. The Kier molecular flexibility index (Phi) is 7.62. The molecule has 162 valence electrons. The molecule has 1 aliphatic carbocycles. The zero-order valence-electron chi connectivity index (χ0n) is 17.2. The maximum atomic E-state index is 12.8. The van der Waals surface area contributed by atoms with E-state index in [4.69, 9.17) is 4.42 Å². The Hall–Kier alpha value is -2.68.